The minimum atomic E-state index is -3.49. The van der Waals surface area contributed by atoms with Gasteiger partial charge >= 0.3 is 0 Å². The van der Waals surface area contributed by atoms with Gasteiger partial charge in [0.05, 0.1) is 11.7 Å². The first kappa shape index (κ1) is 20.8. The van der Waals surface area contributed by atoms with Crippen LogP contribution in [0, 0.1) is 19.8 Å². The zero-order chi connectivity index (χ0) is 20.3. The third-order valence-corrected chi connectivity index (χ3v) is 6.97. The molecule has 1 atom stereocenters. The van der Waals surface area contributed by atoms with E-state index in [1.165, 1.54) is 4.31 Å². The minimum absolute atomic E-state index is 0.0877. The maximum Gasteiger partial charge on any atom is 0.228 e. The second-order valence-electron chi connectivity index (χ2n) is 7.45. The number of halogens is 1. The van der Waals surface area contributed by atoms with Crippen LogP contribution >= 0.6 is 11.6 Å². The van der Waals surface area contributed by atoms with E-state index in [0.29, 0.717) is 30.0 Å². The van der Waals surface area contributed by atoms with Gasteiger partial charge in [0.25, 0.3) is 0 Å². The van der Waals surface area contributed by atoms with Crippen LogP contribution in [0.2, 0.25) is 5.02 Å². The molecular weight excluding hydrogens is 396 g/mol. The summed E-state index contributed by atoms with van der Waals surface area (Å²) < 4.78 is 27.1. The number of nitrogens with zero attached hydrogens (tertiary/aromatic N) is 1. The number of sulfonamides is 1. The standard InChI is InChI=1S/C21H25ClN2O3S/c1-15-10-16(2)12-20(11-15)23-21(25)18-4-3-9-24(13-18)28(26,27)14-17-5-7-19(22)8-6-17/h5-8,10-12,18H,3-4,9,13-14H2,1-2H3,(H,23,25)/t18-/m1/s1. The highest BCUT2D eigenvalue weighted by Crippen LogP contribution is 2.24. The van der Waals surface area contributed by atoms with Gasteiger partial charge < -0.3 is 5.32 Å². The molecular formula is C21H25ClN2O3S. The fourth-order valence-electron chi connectivity index (χ4n) is 3.58. The first-order chi connectivity index (χ1) is 13.2. The molecule has 1 amide bonds. The Morgan fingerprint density at radius 2 is 1.79 bits per heavy atom. The molecule has 1 fully saturated rings. The summed E-state index contributed by atoms with van der Waals surface area (Å²) in [6, 6.07) is 12.7. The van der Waals surface area contributed by atoms with Gasteiger partial charge in [-0.05, 0) is 67.6 Å². The number of anilines is 1. The van der Waals surface area contributed by atoms with Crippen LogP contribution in [0.25, 0.3) is 0 Å². The molecule has 2 aromatic rings. The van der Waals surface area contributed by atoms with E-state index in [-0.39, 0.29) is 24.1 Å². The van der Waals surface area contributed by atoms with E-state index in [1.54, 1.807) is 24.3 Å². The molecule has 150 valence electrons. The summed E-state index contributed by atoms with van der Waals surface area (Å²) in [5.41, 5.74) is 3.59. The molecule has 0 aromatic heterocycles. The first-order valence-corrected chi connectivity index (χ1v) is 11.3. The van der Waals surface area contributed by atoms with Crippen LogP contribution in [-0.4, -0.2) is 31.7 Å². The van der Waals surface area contributed by atoms with Gasteiger partial charge in [-0.1, -0.05) is 29.8 Å². The number of nitrogens with one attached hydrogen (secondary N) is 1. The van der Waals surface area contributed by atoms with Crippen LogP contribution < -0.4 is 5.32 Å². The van der Waals surface area contributed by atoms with Crippen molar-refractivity contribution in [2.75, 3.05) is 18.4 Å². The summed E-state index contributed by atoms with van der Waals surface area (Å²) in [5.74, 6) is -0.568. The number of hydrogen-bond donors (Lipinski definition) is 1. The van der Waals surface area contributed by atoms with Crippen molar-refractivity contribution in [3.8, 4) is 0 Å². The number of amides is 1. The van der Waals surface area contributed by atoms with Crippen molar-refractivity contribution in [2.24, 2.45) is 5.92 Å². The van der Waals surface area contributed by atoms with Gasteiger partial charge in [0.15, 0.2) is 0 Å². The smallest absolute Gasteiger partial charge is 0.228 e. The van der Waals surface area contributed by atoms with E-state index >= 15 is 0 Å². The summed E-state index contributed by atoms with van der Waals surface area (Å²) in [6.07, 6.45) is 1.36. The summed E-state index contributed by atoms with van der Waals surface area (Å²) >= 11 is 5.87. The normalized spacial score (nSPS) is 18.0. The molecule has 0 saturated carbocycles. The number of hydrogen-bond acceptors (Lipinski definition) is 3. The maximum atomic E-state index is 12.8. The molecule has 2 aromatic carbocycles. The Bertz CT molecular complexity index is 938. The third-order valence-electron chi connectivity index (χ3n) is 4.90. The third kappa shape index (κ3) is 5.34. The topological polar surface area (TPSA) is 66.5 Å². The summed E-state index contributed by atoms with van der Waals surface area (Å²) in [7, 11) is -3.49. The Labute approximate surface area is 171 Å². The summed E-state index contributed by atoms with van der Waals surface area (Å²) in [6.45, 7) is 4.62. The van der Waals surface area contributed by atoms with Crippen LogP contribution in [0.1, 0.15) is 29.5 Å². The number of piperidine rings is 1. The second kappa shape index (κ2) is 8.64. The van der Waals surface area contributed by atoms with Crippen molar-refractivity contribution in [3.63, 3.8) is 0 Å². The lowest BCUT2D eigenvalue weighted by atomic mass is 9.98. The zero-order valence-electron chi connectivity index (χ0n) is 16.1. The molecule has 1 aliphatic rings. The van der Waals surface area contributed by atoms with Gasteiger partial charge in [-0.25, -0.2) is 12.7 Å². The predicted octanol–water partition coefficient (Wildman–Crippen LogP) is 4.14. The number of benzene rings is 2. The second-order valence-corrected chi connectivity index (χ2v) is 9.85. The van der Waals surface area contributed by atoms with Crippen LogP contribution in [0.3, 0.4) is 0 Å². The van der Waals surface area contributed by atoms with Crippen molar-refractivity contribution in [3.05, 3.63) is 64.2 Å². The van der Waals surface area contributed by atoms with E-state index in [9.17, 15) is 13.2 Å². The van der Waals surface area contributed by atoms with E-state index in [4.69, 9.17) is 11.6 Å². The molecule has 0 aliphatic carbocycles. The van der Waals surface area contributed by atoms with Gasteiger partial charge in [0, 0.05) is 23.8 Å². The number of rotatable bonds is 5. The molecule has 0 bridgehead atoms. The first-order valence-electron chi connectivity index (χ1n) is 9.34. The van der Waals surface area contributed by atoms with E-state index in [2.05, 4.69) is 5.32 Å². The molecule has 0 spiro atoms. The lowest BCUT2D eigenvalue weighted by Crippen LogP contribution is -2.44. The SMILES string of the molecule is Cc1cc(C)cc(NC(=O)[C@@H]2CCCN(S(=O)(=O)Cc3ccc(Cl)cc3)C2)c1. The number of aryl methyl sites for hydroxylation is 2. The average Bonchev–Trinajstić information content (AvgIpc) is 2.63. The van der Waals surface area contributed by atoms with Gasteiger partial charge in [-0.3, -0.25) is 4.79 Å². The molecule has 0 radical (unpaired) electrons. The van der Waals surface area contributed by atoms with E-state index in [0.717, 1.165) is 16.8 Å². The van der Waals surface area contributed by atoms with E-state index in [1.807, 2.05) is 32.0 Å². The highest BCUT2D eigenvalue weighted by molar-refractivity contribution is 7.88. The maximum absolute atomic E-state index is 12.8. The molecule has 1 saturated heterocycles. The Hall–Kier alpha value is -1.89. The molecule has 1 N–H and O–H groups in total. The van der Waals surface area contributed by atoms with Gasteiger partial charge in [0.1, 0.15) is 0 Å². The Balaban J connectivity index is 1.67. The molecule has 1 heterocycles. The van der Waals surface area contributed by atoms with Crippen molar-refractivity contribution in [2.45, 2.75) is 32.4 Å². The molecule has 7 heteroatoms. The van der Waals surface area contributed by atoms with Crippen molar-refractivity contribution in [1.29, 1.82) is 0 Å². The fourth-order valence-corrected chi connectivity index (χ4v) is 5.32. The lowest BCUT2D eigenvalue weighted by Gasteiger charge is -2.31. The van der Waals surface area contributed by atoms with Crippen molar-refractivity contribution >= 4 is 33.2 Å². The van der Waals surface area contributed by atoms with Crippen molar-refractivity contribution in [1.82, 2.24) is 4.31 Å². The predicted molar refractivity (Wildman–Crippen MR) is 113 cm³/mol. The lowest BCUT2D eigenvalue weighted by molar-refractivity contribution is -0.120. The Morgan fingerprint density at radius 3 is 2.43 bits per heavy atom. The number of carbonyl (C=O) groups excluding carboxylic acids is 1. The monoisotopic (exact) mass is 420 g/mol. The average molecular weight is 421 g/mol. The minimum Gasteiger partial charge on any atom is -0.326 e. The van der Waals surface area contributed by atoms with Crippen LogP contribution in [0.5, 0.6) is 0 Å². The van der Waals surface area contributed by atoms with E-state index < -0.39 is 10.0 Å². The molecule has 0 unspecified atom stereocenters. The van der Waals surface area contributed by atoms with Crippen molar-refractivity contribution < 1.29 is 13.2 Å². The van der Waals surface area contributed by atoms with Crippen LogP contribution in [0.15, 0.2) is 42.5 Å². The fraction of sp³-hybridized carbons (Fsp3) is 0.381. The van der Waals surface area contributed by atoms with Crippen LogP contribution in [0.4, 0.5) is 5.69 Å². The highest BCUT2D eigenvalue weighted by atomic mass is 35.5. The molecule has 1 aliphatic heterocycles. The Kier molecular flexibility index (Phi) is 6.43. The van der Waals surface area contributed by atoms with Crippen LogP contribution in [-0.2, 0) is 20.6 Å². The zero-order valence-corrected chi connectivity index (χ0v) is 17.7. The highest BCUT2D eigenvalue weighted by Gasteiger charge is 2.32. The molecule has 5 nitrogen and oxygen atoms in total. The van der Waals surface area contributed by atoms with Gasteiger partial charge in [0.2, 0.25) is 15.9 Å². The molecule has 3 rings (SSSR count). The Morgan fingerprint density at radius 1 is 1.14 bits per heavy atom. The number of carbonyl (C=O) groups is 1. The summed E-state index contributed by atoms with van der Waals surface area (Å²) in [4.78, 5) is 12.7. The quantitative estimate of drug-likeness (QED) is 0.790. The summed E-state index contributed by atoms with van der Waals surface area (Å²) in [5, 5.41) is 3.52. The van der Waals surface area contributed by atoms with Gasteiger partial charge in [-0.2, -0.15) is 0 Å². The molecule has 28 heavy (non-hydrogen) atoms. The van der Waals surface area contributed by atoms with Gasteiger partial charge in [-0.15, -0.1) is 0 Å². The largest absolute Gasteiger partial charge is 0.326 e.